The fraction of sp³-hybridized carbons (Fsp3) is 0.471. The lowest BCUT2D eigenvalue weighted by atomic mass is 9.99. The van der Waals surface area contributed by atoms with Gasteiger partial charge in [0.05, 0.1) is 43.3 Å². The Morgan fingerprint density at radius 3 is 3.12 bits per heavy atom. The van der Waals surface area contributed by atoms with Crippen LogP contribution in [0.1, 0.15) is 34.1 Å². The molecular weight excluding hydrogens is 308 g/mol. The highest BCUT2D eigenvalue weighted by Crippen LogP contribution is 2.31. The van der Waals surface area contributed by atoms with E-state index in [0.717, 1.165) is 17.7 Å². The summed E-state index contributed by atoms with van der Waals surface area (Å²) in [6, 6.07) is 5.67. The highest BCUT2D eigenvalue weighted by molar-refractivity contribution is 5.97. The zero-order valence-corrected chi connectivity index (χ0v) is 13.8. The van der Waals surface area contributed by atoms with Crippen molar-refractivity contribution in [2.45, 2.75) is 32.1 Å². The average Bonchev–Trinajstić information content (AvgIpc) is 3.09. The highest BCUT2D eigenvalue weighted by Gasteiger charge is 2.38. The second-order valence-electron chi connectivity index (χ2n) is 6.33. The highest BCUT2D eigenvalue weighted by atomic mass is 16.5. The molecule has 126 valence electrons. The SMILES string of the molecule is COc1cc(C)ccc1C(=O)N1CC[C@@H]2OCc3cnnn3[C@H]2C1. The molecule has 2 atom stereocenters. The molecule has 0 radical (unpaired) electrons. The van der Waals surface area contributed by atoms with E-state index >= 15 is 0 Å². The van der Waals surface area contributed by atoms with Crippen LogP contribution >= 0.6 is 0 Å². The van der Waals surface area contributed by atoms with Gasteiger partial charge >= 0.3 is 0 Å². The van der Waals surface area contributed by atoms with Gasteiger partial charge in [-0.2, -0.15) is 0 Å². The van der Waals surface area contributed by atoms with Gasteiger partial charge in [-0.25, -0.2) is 4.68 Å². The van der Waals surface area contributed by atoms with Gasteiger partial charge < -0.3 is 14.4 Å². The van der Waals surface area contributed by atoms with Gasteiger partial charge in [0.2, 0.25) is 0 Å². The van der Waals surface area contributed by atoms with E-state index in [4.69, 9.17) is 9.47 Å². The number of methoxy groups -OCH3 is 1. The predicted molar refractivity (Wildman–Crippen MR) is 85.9 cm³/mol. The normalized spacial score (nSPS) is 22.7. The molecule has 1 aromatic carbocycles. The molecule has 1 fully saturated rings. The first-order chi connectivity index (χ1) is 11.7. The Balaban J connectivity index is 1.59. The number of hydrogen-bond donors (Lipinski definition) is 0. The van der Waals surface area contributed by atoms with Gasteiger partial charge in [-0.3, -0.25) is 4.79 Å². The third kappa shape index (κ3) is 2.45. The minimum absolute atomic E-state index is 0.0162. The van der Waals surface area contributed by atoms with Crippen LogP contribution < -0.4 is 4.74 Å². The lowest BCUT2D eigenvalue weighted by molar-refractivity contribution is -0.0605. The van der Waals surface area contributed by atoms with Crippen molar-refractivity contribution in [1.29, 1.82) is 0 Å². The maximum Gasteiger partial charge on any atom is 0.257 e. The number of amides is 1. The minimum atomic E-state index is -0.0162. The third-order valence-corrected chi connectivity index (χ3v) is 4.80. The lowest BCUT2D eigenvalue weighted by Gasteiger charge is -2.41. The van der Waals surface area contributed by atoms with Crippen LogP contribution in [0.2, 0.25) is 0 Å². The van der Waals surface area contributed by atoms with Crippen molar-refractivity contribution in [1.82, 2.24) is 19.9 Å². The quantitative estimate of drug-likeness (QED) is 0.837. The van der Waals surface area contributed by atoms with Crippen LogP contribution in [0.5, 0.6) is 5.75 Å². The van der Waals surface area contributed by atoms with Crippen LogP contribution in [-0.4, -0.2) is 52.1 Å². The van der Waals surface area contributed by atoms with E-state index in [2.05, 4.69) is 10.3 Å². The standard InChI is InChI=1S/C17H20N4O3/c1-11-3-4-13(16(7-11)23-2)17(22)20-6-5-15-14(9-20)21-12(10-24-15)8-18-19-21/h3-4,7-8,14-15H,5-6,9-10H2,1-2H3/t14-,15-/m0/s1. The summed E-state index contributed by atoms with van der Waals surface area (Å²) in [6.07, 6.45) is 2.60. The summed E-state index contributed by atoms with van der Waals surface area (Å²) in [5.41, 5.74) is 2.62. The smallest absolute Gasteiger partial charge is 0.257 e. The van der Waals surface area contributed by atoms with Crippen molar-refractivity contribution in [3.63, 3.8) is 0 Å². The molecule has 0 unspecified atom stereocenters. The molecule has 24 heavy (non-hydrogen) atoms. The number of likely N-dealkylation sites (tertiary alicyclic amines) is 1. The van der Waals surface area contributed by atoms with E-state index in [1.165, 1.54) is 0 Å². The summed E-state index contributed by atoms with van der Waals surface area (Å²) in [7, 11) is 1.59. The minimum Gasteiger partial charge on any atom is -0.496 e. The molecule has 1 aromatic heterocycles. The molecule has 0 spiro atoms. The number of rotatable bonds is 2. The Bertz CT molecular complexity index is 773. The molecule has 0 N–H and O–H groups in total. The molecule has 7 nitrogen and oxygen atoms in total. The van der Waals surface area contributed by atoms with E-state index in [-0.39, 0.29) is 18.1 Å². The van der Waals surface area contributed by atoms with E-state index in [9.17, 15) is 4.79 Å². The van der Waals surface area contributed by atoms with Gasteiger partial charge in [0.25, 0.3) is 5.91 Å². The van der Waals surface area contributed by atoms with E-state index in [1.54, 1.807) is 13.3 Å². The zero-order chi connectivity index (χ0) is 16.7. The molecule has 2 aromatic rings. The summed E-state index contributed by atoms with van der Waals surface area (Å²) in [6.45, 7) is 3.75. The molecule has 0 bridgehead atoms. The Kier molecular flexibility index (Phi) is 3.72. The summed E-state index contributed by atoms with van der Waals surface area (Å²) in [4.78, 5) is 14.8. The average molecular weight is 328 g/mol. The molecule has 4 rings (SSSR count). The predicted octanol–water partition coefficient (Wildman–Crippen LogP) is 1.58. The number of carbonyl (C=O) groups excluding carboxylic acids is 1. The van der Waals surface area contributed by atoms with Gasteiger partial charge in [-0.05, 0) is 31.0 Å². The molecule has 0 aliphatic carbocycles. The maximum atomic E-state index is 13.0. The van der Waals surface area contributed by atoms with Crippen LogP contribution in [0.15, 0.2) is 24.4 Å². The Morgan fingerprint density at radius 2 is 2.29 bits per heavy atom. The van der Waals surface area contributed by atoms with Gasteiger partial charge in [0.15, 0.2) is 0 Å². The number of aromatic nitrogens is 3. The number of aryl methyl sites for hydroxylation is 1. The number of ether oxygens (including phenoxy) is 2. The molecule has 2 aliphatic rings. The molecule has 2 aliphatic heterocycles. The van der Waals surface area contributed by atoms with Crippen molar-refractivity contribution < 1.29 is 14.3 Å². The summed E-state index contributed by atoms with van der Waals surface area (Å²) in [5.74, 6) is 0.598. The summed E-state index contributed by atoms with van der Waals surface area (Å²) < 4.78 is 13.2. The second-order valence-corrected chi connectivity index (χ2v) is 6.33. The zero-order valence-electron chi connectivity index (χ0n) is 13.8. The van der Waals surface area contributed by atoms with Crippen molar-refractivity contribution in [2.24, 2.45) is 0 Å². The maximum absolute atomic E-state index is 13.0. The van der Waals surface area contributed by atoms with Crippen LogP contribution in [0.4, 0.5) is 0 Å². The van der Waals surface area contributed by atoms with Gasteiger partial charge in [0.1, 0.15) is 5.75 Å². The van der Waals surface area contributed by atoms with E-state index < -0.39 is 0 Å². The van der Waals surface area contributed by atoms with Crippen molar-refractivity contribution in [3.05, 3.63) is 41.2 Å². The van der Waals surface area contributed by atoms with Gasteiger partial charge in [-0.15, -0.1) is 5.10 Å². The van der Waals surface area contributed by atoms with Gasteiger partial charge in [-0.1, -0.05) is 11.3 Å². The second kappa shape index (κ2) is 5.90. The fourth-order valence-corrected chi connectivity index (χ4v) is 3.51. The van der Waals surface area contributed by atoms with Crippen molar-refractivity contribution in [2.75, 3.05) is 20.2 Å². The first-order valence-corrected chi connectivity index (χ1v) is 8.12. The number of piperidine rings is 1. The fourth-order valence-electron chi connectivity index (χ4n) is 3.51. The molecule has 3 heterocycles. The topological polar surface area (TPSA) is 69.5 Å². The first-order valence-electron chi connectivity index (χ1n) is 8.12. The number of nitrogens with zero attached hydrogens (tertiary/aromatic N) is 4. The Hall–Kier alpha value is -2.41. The monoisotopic (exact) mass is 328 g/mol. The van der Waals surface area contributed by atoms with E-state index in [0.29, 0.717) is 31.0 Å². The van der Waals surface area contributed by atoms with Crippen LogP contribution in [0.25, 0.3) is 0 Å². The number of benzene rings is 1. The molecule has 7 heteroatoms. The van der Waals surface area contributed by atoms with Crippen LogP contribution in [-0.2, 0) is 11.3 Å². The molecule has 1 amide bonds. The number of hydrogen-bond acceptors (Lipinski definition) is 5. The number of fused-ring (bicyclic) bond motifs is 3. The third-order valence-electron chi connectivity index (χ3n) is 4.80. The lowest BCUT2D eigenvalue weighted by Crippen LogP contribution is -2.49. The van der Waals surface area contributed by atoms with Crippen molar-refractivity contribution >= 4 is 5.91 Å². The van der Waals surface area contributed by atoms with Crippen LogP contribution in [0.3, 0.4) is 0 Å². The molecule has 1 saturated heterocycles. The Morgan fingerprint density at radius 1 is 1.42 bits per heavy atom. The molecule has 0 saturated carbocycles. The summed E-state index contributed by atoms with van der Waals surface area (Å²) >= 11 is 0. The Labute approximate surface area is 140 Å². The summed E-state index contributed by atoms with van der Waals surface area (Å²) in [5, 5.41) is 8.15. The number of carbonyl (C=O) groups is 1. The van der Waals surface area contributed by atoms with Crippen LogP contribution in [0, 0.1) is 6.92 Å². The first kappa shape index (κ1) is 15.1. The van der Waals surface area contributed by atoms with Gasteiger partial charge in [0, 0.05) is 13.1 Å². The van der Waals surface area contributed by atoms with Crippen molar-refractivity contribution in [3.8, 4) is 5.75 Å². The van der Waals surface area contributed by atoms with E-state index in [1.807, 2.05) is 34.7 Å². The molecular formula is C17H20N4O3. The largest absolute Gasteiger partial charge is 0.496 e.